The van der Waals surface area contributed by atoms with Crippen molar-refractivity contribution in [2.45, 2.75) is 19.3 Å². The highest BCUT2D eigenvalue weighted by atomic mass is 79.9. The van der Waals surface area contributed by atoms with Crippen LogP contribution < -0.4 is 5.32 Å². The van der Waals surface area contributed by atoms with Gasteiger partial charge >= 0.3 is 0 Å². The summed E-state index contributed by atoms with van der Waals surface area (Å²) in [6.07, 6.45) is 1.26. The molecule has 0 bridgehead atoms. The van der Waals surface area contributed by atoms with Crippen molar-refractivity contribution in [1.82, 2.24) is 5.32 Å². The second kappa shape index (κ2) is 4.64. The third-order valence-corrected chi connectivity index (χ3v) is 6.20. The molecular weight excluding hydrogens is 326 g/mol. The summed E-state index contributed by atoms with van der Waals surface area (Å²) < 4.78 is 2.42. The molecule has 78 valence electrons. The molecule has 0 saturated carbocycles. The maximum Gasteiger partial charge on any atom is 0.0843 e. The topological polar surface area (TPSA) is 12.0 Å². The molecule has 1 fully saturated rings. The van der Waals surface area contributed by atoms with Gasteiger partial charge in [-0.05, 0) is 69.3 Å². The van der Waals surface area contributed by atoms with E-state index in [1.807, 2.05) is 11.3 Å². The average Bonchev–Trinajstić information content (AvgIpc) is 2.48. The molecule has 2 rings (SSSR count). The Morgan fingerprint density at radius 3 is 2.86 bits per heavy atom. The van der Waals surface area contributed by atoms with Gasteiger partial charge in [-0.1, -0.05) is 6.92 Å². The van der Waals surface area contributed by atoms with Crippen LogP contribution in [-0.2, 0) is 0 Å². The summed E-state index contributed by atoms with van der Waals surface area (Å²) in [5, 5.41) is 3.44. The first-order chi connectivity index (χ1) is 6.68. The highest BCUT2D eigenvalue weighted by Crippen LogP contribution is 2.40. The van der Waals surface area contributed by atoms with Crippen molar-refractivity contribution in [1.29, 1.82) is 0 Å². The highest BCUT2D eigenvalue weighted by molar-refractivity contribution is 9.13. The lowest BCUT2D eigenvalue weighted by atomic mass is 9.87. The molecule has 1 N–H and O–H groups in total. The summed E-state index contributed by atoms with van der Waals surface area (Å²) in [5.41, 5.74) is 0. The van der Waals surface area contributed by atoms with Crippen molar-refractivity contribution in [3.8, 4) is 0 Å². The smallest absolute Gasteiger partial charge is 0.0843 e. The lowest BCUT2D eigenvalue weighted by Gasteiger charge is -2.28. The third kappa shape index (κ3) is 2.23. The Kier molecular flexibility index (Phi) is 3.68. The minimum atomic E-state index is 0.740. The van der Waals surface area contributed by atoms with Crippen LogP contribution in [0.2, 0.25) is 0 Å². The maximum absolute atomic E-state index is 3.56. The number of hydrogen-bond acceptors (Lipinski definition) is 2. The summed E-state index contributed by atoms with van der Waals surface area (Å²) in [6, 6.07) is 2.27. The molecule has 2 unspecified atom stereocenters. The maximum atomic E-state index is 3.56. The minimum Gasteiger partial charge on any atom is -0.316 e. The van der Waals surface area contributed by atoms with Crippen molar-refractivity contribution in [2.24, 2.45) is 5.92 Å². The largest absolute Gasteiger partial charge is 0.316 e. The van der Waals surface area contributed by atoms with Crippen LogP contribution in [0, 0.1) is 5.92 Å². The van der Waals surface area contributed by atoms with E-state index in [-0.39, 0.29) is 0 Å². The number of halogens is 2. The van der Waals surface area contributed by atoms with Crippen LogP contribution in [-0.4, -0.2) is 13.1 Å². The van der Waals surface area contributed by atoms with Gasteiger partial charge in [0.05, 0.1) is 3.79 Å². The van der Waals surface area contributed by atoms with Crippen molar-refractivity contribution in [3.05, 3.63) is 19.2 Å². The minimum absolute atomic E-state index is 0.740. The molecule has 4 heteroatoms. The Labute approximate surface area is 106 Å². The molecule has 0 radical (unpaired) electrons. The first kappa shape index (κ1) is 11.1. The van der Waals surface area contributed by atoms with Crippen LogP contribution in [0.25, 0.3) is 0 Å². The van der Waals surface area contributed by atoms with Crippen LogP contribution in [0.15, 0.2) is 14.3 Å². The van der Waals surface area contributed by atoms with Gasteiger partial charge in [0.15, 0.2) is 0 Å². The van der Waals surface area contributed by atoms with Gasteiger partial charge in [0.2, 0.25) is 0 Å². The van der Waals surface area contributed by atoms with Crippen molar-refractivity contribution in [3.63, 3.8) is 0 Å². The molecule has 0 amide bonds. The summed E-state index contributed by atoms with van der Waals surface area (Å²) in [4.78, 5) is 1.51. The van der Waals surface area contributed by atoms with E-state index in [1.54, 1.807) is 0 Å². The number of thiophene rings is 1. The molecule has 1 nitrogen and oxygen atoms in total. The monoisotopic (exact) mass is 337 g/mol. The van der Waals surface area contributed by atoms with Crippen LogP contribution in [0.3, 0.4) is 0 Å². The molecule has 0 aromatic carbocycles. The first-order valence-corrected chi connectivity index (χ1v) is 7.24. The Morgan fingerprint density at radius 2 is 2.29 bits per heavy atom. The van der Waals surface area contributed by atoms with Gasteiger partial charge < -0.3 is 5.32 Å². The van der Waals surface area contributed by atoms with Gasteiger partial charge in [0.1, 0.15) is 0 Å². The average molecular weight is 339 g/mol. The molecule has 1 aliphatic heterocycles. The predicted octanol–water partition coefficient (Wildman–Crippen LogP) is 3.99. The zero-order valence-corrected chi connectivity index (χ0v) is 12.0. The van der Waals surface area contributed by atoms with E-state index < -0.39 is 0 Å². The number of piperidine rings is 1. The second-order valence-electron chi connectivity index (χ2n) is 3.85. The lowest BCUT2D eigenvalue weighted by Crippen LogP contribution is -2.33. The zero-order chi connectivity index (χ0) is 10.1. The Balaban J connectivity index is 2.20. The van der Waals surface area contributed by atoms with Crippen LogP contribution >= 0.6 is 43.2 Å². The van der Waals surface area contributed by atoms with E-state index >= 15 is 0 Å². The fraction of sp³-hybridized carbons (Fsp3) is 0.600. The fourth-order valence-corrected chi connectivity index (χ4v) is 4.34. The third-order valence-electron chi connectivity index (χ3n) is 2.81. The number of hydrogen-bond donors (Lipinski definition) is 1. The molecule has 0 aliphatic carbocycles. The Hall–Kier alpha value is 0.620. The van der Waals surface area contributed by atoms with E-state index in [2.05, 4.69) is 50.2 Å². The predicted molar refractivity (Wildman–Crippen MR) is 69.1 cm³/mol. The number of rotatable bonds is 1. The lowest BCUT2D eigenvalue weighted by molar-refractivity contribution is 0.353. The summed E-state index contributed by atoms with van der Waals surface area (Å²) in [5.74, 6) is 1.49. The molecule has 1 aliphatic rings. The molecule has 14 heavy (non-hydrogen) atoms. The normalized spacial score (nSPS) is 27.9. The van der Waals surface area contributed by atoms with E-state index in [4.69, 9.17) is 0 Å². The van der Waals surface area contributed by atoms with E-state index in [0.717, 1.165) is 24.9 Å². The molecular formula is C10H13Br2NS. The summed E-state index contributed by atoms with van der Waals surface area (Å²) in [6.45, 7) is 4.64. The Bertz CT molecular complexity index is 304. The molecule has 0 spiro atoms. The van der Waals surface area contributed by atoms with Gasteiger partial charge in [-0.15, -0.1) is 11.3 Å². The summed E-state index contributed by atoms with van der Waals surface area (Å²) >= 11 is 8.98. The second-order valence-corrected chi connectivity index (χ2v) is 7.10. The molecule has 1 saturated heterocycles. The summed E-state index contributed by atoms with van der Waals surface area (Å²) in [7, 11) is 0. The van der Waals surface area contributed by atoms with Gasteiger partial charge in [-0.3, -0.25) is 0 Å². The van der Waals surface area contributed by atoms with Gasteiger partial charge in [0.25, 0.3) is 0 Å². The van der Waals surface area contributed by atoms with Crippen LogP contribution in [0.1, 0.15) is 24.1 Å². The fourth-order valence-electron chi connectivity index (χ4n) is 1.98. The van der Waals surface area contributed by atoms with E-state index in [9.17, 15) is 0 Å². The Morgan fingerprint density at radius 1 is 1.50 bits per heavy atom. The first-order valence-electron chi connectivity index (χ1n) is 4.84. The number of nitrogens with one attached hydrogen (secondary N) is 1. The quantitative estimate of drug-likeness (QED) is 0.816. The SMILES string of the molecule is CC1CNCCC1c1cc(Br)c(Br)s1. The van der Waals surface area contributed by atoms with Crippen molar-refractivity contribution >= 4 is 43.2 Å². The van der Waals surface area contributed by atoms with Crippen molar-refractivity contribution in [2.75, 3.05) is 13.1 Å². The molecule has 2 heterocycles. The van der Waals surface area contributed by atoms with Crippen molar-refractivity contribution < 1.29 is 0 Å². The van der Waals surface area contributed by atoms with Gasteiger partial charge in [-0.2, -0.15) is 0 Å². The van der Waals surface area contributed by atoms with E-state index in [0.29, 0.717) is 0 Å². The molecule has 1 aromatic rings. The molecule has 2 atom stereocenters. The van der Waals surface area contributed by atoms with Gasteiger partial charge in [0, 0.05) is 9.35 Å². The van der Waals surface area contributed by atoms with Gasteiger partial charge in [-0.25, -0.2) is 0 Å². The van der Waals surface area contributed by atoms with Crippen LogP contribution in [0.4, 0.5) is 0 Å². The highest BCUT2D eigenvalue weighted by Gasteiger charge is 2.24. The standard InChI is InChI=1S/C10H13Br2NS/c1-6-5-13-3-2-7(6)9-4-8(11)10(12)14-9/h4,6-7,13H,2-3,5H2,1H3. The van der Waals surface area contributed by atoms with E-state index in [1.165, 1.54) is 19.6 Å². The van der Waals surface area contributed by atoms with Crippen LogP contribution in [0.5, 0.6) is 0 Å². The zero-order valence-electron chi connectivity index (χ0n) is 8.02. The molecule has 1 aromatic heterocycles.